The van der Waals surface area contributed by atoms with Crippen LogP contribution in [0.2, 0.25) is 5.02 Å². The molecule has 0 saturated carbocycles. The number of nitrogens with one attached hydrogen (secondary N) is 1. The van der Waals surface area contributed by atoms with E-state index >= 15 is 0 Å². The van der Waals surface area contributed by atoms with Crippen LogP contribution in [0, 0.1) is 0 Å². The number of benzene rings is 2. The maximum absolute atomic E-state index is 12.7. The summed E-state index contributed by atoms with van der Waals surface area (Å²) in [5.74, 6) is -1.54. The molecular formula is C21H18Cl2N2O4. The number of hydrogen-bond acceptors (Lipinski definition) is 5. The average Bonchev–Trinajstić information content (AvgIpc) is 2.91. The minimum atomic E-state index is -0.590. The van der Waals surface area contributed by atoms with Crippen molar-refractivity contribution in [1.82, 2.24) is 4.90 Å². The normalized spacial score (nSPS) is 13.8. The molecule has 1 aliphatic rings. The Labute approximate surface area is 178 Å². The molecule has 29 heavy (non-hydrogen) atoms. The molecule has 0 bridgehead atoms. The van der Waals surface area contributed by atoms with Gasteiger partial charge in [-0.15, -0.1) is 0 Å². The fourth-order valence-electron chi connectivity index (χ4n) is 2.72. The first kappa shape index (κ1) is 20.9. The van der Waals surface area contributed by atoms with Crippen molar-refractivity contribution in [3.8, 4) is 0 Å². The zero-order valence-electron chi connectivity index (χ0n) is 15.6. The highest BCUT2D eigenvalue weighted by Gasteiger charge is 2.37. The number of nitrogens with zero attached hydrogens (tertiary/aromatic N) is 1. The molecule has 0 fully saturated rings. The highest BCUT2D eigenvalue weighted by molar-refractivity contribution is 6.48. The van der Waals surface area contributed by atoms with Crippen LogP contribution in [0.25, 0.3) is 0 Å². The molecule has 8 heteroatoms. The molecule has 2 amide bonds. The van der Waals surface area contributed by atoms with E-state index in [1.165, 1.54) is 0 Å². The van der Waals surface area contributed by atoms with Gasteiger partial charge in [0.1, 0.15) is 10.7 Å². The smallest absolute Gasteiger partial charge is 0.338 e. The number of esters is 1. The molecule has 0 aliphatic carbocycles. The minimum Gasteiger partial charge on any atom is -0.462 e. The van der Waals surface area contributed by atoms with Crippen LogP contribution in [0.4, 0.5) is 5.69 Å². The molecule has 150 valence electrons. The summed E-state index contributed by atoms with van der Waals surface area (Å²) < 4.78 is 5.08. The second-order valence-electron chi connectivity index (χ2n) is 6.35. The lowest BCUT2D eigenvalue weighted by Crippen LogP contribution is -2.31. The fourth-order valence-corrected chi connectivity index (χ4v) is 3.14. The maximum Gasteiger partial charge on any atom is 0.338 e. The first-order valence-electron chi connectivity index (χ1n) is 8.95. The summed E-state index contributed by atoms with van der Waals surface area (Å²) in [6.07, 6.45) is 0.738. The molecule has 0 atom stereocenters. The molecule has 2 aromatic rings. The molecular weight excluding hydrogens is 415 g/mol. The van der Waals surface area contributed by atoms with Crippen molar-refractivity contribution < 1.29 is 19.1 Å². The van der Waals surface area contributed by atoms with E-state index < -0.39 is 17.8 Å². The lowest BCUT2D eigenvalue weighted by Gasteiger charge is -2.15. The Balaban J connectivity index is 1.70. The number of halogens is 2. The number of amides is 2. The first-order valence-corrected chi connectivity index (χ1v) is 9.71. The Morgan fingerprint density at radius 2 is 1.79 bits per heavy atom. The van der Waals surface area contributed by atoms with E-state index in [1.54, 1.807) is 48.5 Å². The van der Waals surface area contributed by atoms with Crippen LogP contribution in [0.3, 0.4) is 0 Å². The van der Waals surface area contributed by atoms with Gasteiger partial charge in [0.15, 0.2) is 0 Å². The number of rotatable bonds is 7. The third kappa shape index (κ3) is 4.78. The van der Waals surface area contributed by atoms with Crippen molar-refractivity contribution in [1.29, 1.82) is 0 Å². The quantitative estimate of drug-likeness (QED) is 0.520. The third-order valence-corrected chi connectivity index (χ3v) is 4.76. The Hall–Kier alpha value is -2.83. The SMILES string of the molecule is CCCOC(=O)c1ccc(CN2C(=O)C(Cl)=C(Nc3cccc(Cl)c3)C2=O)cc1. The molecule has 3 rings (SSSR count). The lowest BCUT2D eigenvalue weighted by atomic mass is 10.1. The van der Waals surface area contributed by atoms with Gasteiger partial charge in [0, 0.05) is 10.7 Å². The third-order valence-electron chi connectivity index (χ3n) is 4.17. The van der Waals surface area contributed by atoms with Crippen LogP contribution in [0.15, 0.2) is 59.3 Å². The maximum atomic E-state index is 12.7. The Bertz CT molecular complexity index is 986. The highest BCUT2D eigenvalue weighted by atomic mass is 35.5. The molecule has 0 spiro atoms. The monoisotopic (exact) mass is 432 g/mol. The second-order valence-corrected chi connectivity index (χ2v) is 7.17. The number of carbonyl (C=O) groups is 3. The number of anilines is 1. The van der Waals surface area contributed by atoms with Crippen LogP contribution in [0.5, 0.6) is 0 Å². The minimum absolute atomic E-state index is 0.00121. The van der Waals surface area contributed by atoms with Gasteiger partial charge in [0.25, 0.3) is 11.8 Å². The molecule has 6 nitrogen and oxygen atoms in total. The Kier molecular flexibility index (Phi) is 6.56. The predicted octanol–water partition coefficient (Wildman–Crippen LogP) is 4.34. The zero-order valence-corrected chi connectivity index (χ0v) is 17.1. The van der Waals surface area contributed by atoms with Crippen LogP contribution in [-0.4, -0.2) is 29.3 Å². The van der Waals surface area contributed by atoms with Crippen molar-refractivity contribution >= 4 is 46.7 Å². The van der Waals surface area contributed by atoms with Gasteiger partial charge in [0.05, 0.1) is 18.7 Å². The predicted molar refractivity (Wildman–Crippen MR) is 111 cm³/mol. The summed E-state index contributed by atoms with van der Waals surface area (Å²) >= 11 is 12.0. The van der Waals surface area contributed by atoms with Gasteiger partial charge in [0.2, 0.25) is 0 Å². The van der Waals surface area contributed by atoms with E-state index in [0.717, 1.165) is 11.3 Å². The summed E-state index contributed by atoms with van der Waals surface area (Å²) in [6.45, 7) is 2.29. The van der Waals surface area contributed by atoms with E-state index in [0.29, 0.717) is 28.4 Å². The van der Waals surface area contributed by atoms with E-state index in [4.69, 9.17) is 27.9 Å². The van der Waals surface area contributed by atoms with Gasteiger partial charge < -0.3 is 10.1 Å². The first-order chi connectivity index (χ1) is 13.9. The fraction of sp³-hybridized carbons (Fsp3) is 0.190. The molecule has 1 aliphatic heterocycles. The molecule has 0 unspecified atom stereocenters. The van der Waals surface area contributed by atoms with Crippen molar-refractivity contribution in [2.75, 3.05) is 11.9 Å². The van der Waals surface area contributed by atoms with Gasteiger partial charge in [-0.25, -0.2) is 4.79 Å². The molecule has 2 aromatic carbocycles. The second kappa shape index (κ2) is 9.11. The van der Waals surface area contributed by atoms with Crippen LogP contribution in [0.1, 0.15) is 29.3 Å². The van der Waals surface area contributed by atoms with Crippen LogP contribution in [-0.2, 0) is 20.9 Å². The van der Waals surface area contributed by atoms with Crippen LogP contribution < -0.4 is 5.32 Å². The summed E-state index contributed by atoms with van der Waals surface area (Å²) in [7, 11) is 0. The highest BCUT2D eigenvalue weighted by Crippen LogP contribution is 2.28. The molecule has 0 radical (unpaired) electrons. The topological polar surface area (TPSA) is 75.7 Å². The van der Waals surface area contributed by atoms with Crippen LogP contribution >= 0.6 is 23.2 Å². The Morgan fingerprint density at radius 3 is 2.45 bits per heavy atom. The van der Waals surface area contributed by atoms with Gasteiger partial charge >= 0.3 is 5.97 Å². The van der Waals surface area contributed by atoms with E-state index in [-0.39, 0.29) is 17.3 Å². The molecule has 1 heterocycles. The average molecular weight is 433 g/mol. The van der Waals surface area contributed by atoms with Gasteiger partial charge in [-0.05, 0) is 42.3 Å². The zero-order chi connectivity index (χ0) is 21.0. The van der Waals surface area contributed by atoms with E-state index in [1.807, 2.05) is 6.92 Å². The summed E-state index contributed by atoms with van der Waals surface area (Å²) in [4.78, 5) is 38.1. The number of imide groups is 1. The number of ether oxygens (including phenoxy) is 1. The number of carbonyl (C=O) groups excluding carboxylic acids is 3. The van der Waals surface area contributed by atoms with Crippen molar-refractivity contribution in [3.63, 3.8) is 0 Å². The van der Waals surface area contributed by atoms with Gasteiger partial charge in [-0.2, -0.15) is 0 Å². The summed E-state index contributed by atoms with van der Waals surface area (Å²) in [5.41, 5.74) is 1.62. The standard InChI is InChI=1S/C21H18Cl2N2O4/c1-2-10-29-21(28)14-8-6-13(7-9-14)12-25-19(26)17(23)18(20(25)27)24-16-5-3-4-15(22)11-16/h3-9,11,24H,2,10,12H2,1H3. The number of hydrogen-bond donors (Lipinski definition) is 1. The molecule has 1 N–H and O–H groups in total. The lowest BCUT2D eigenvalue weighted by molar-refractivity contribution is -0.138. The summed E-state index contributed by atoms with van der Waals surface area (Å²) in [5, 5.41) is 3.16. The van der Waals surface area contributed by atoms with Crippen molar-refractivity contribution in [2.24, 2.45) is 0 Å². The van der Waals surface area contributed by atoms with Gasteiger partial charge in [-0.3, -0.25) is 14.5 Å². The van der Waals surface area contributed by atoms with E-state index in [9.17, 15) is 14.4 Å². The Morgan fingerprint density at radius 1 is 1.07 bits per heavy atom. The molecule has 0 aromatic heterocycles. The largest absolute Gasteiger partial charge is 0.462 e. The van der Waals surface area contributed by atoms with Gasteiger partial charge in [-0.1, -0.05) is 48.3 Å². The van der Waals surface area contributed by atoms with Crippen molar-refractivity contribution in [3.05, 3.63) is 75.4 Å². The molecule has 0 saturated heterocycles. The summed E-state index contributed by atoms with van der Waals surface area (Å²) in [6, 6.07) is 13.3. The van der Waals surface area contributed by atoms with Crippen molar-refractivity contribution in [2.45, 2.75) is 19.9 Å². The van der Waals surface area contributed by atoms with E-state index in [2.05, 4.69) is 5.32 Å².